The van der Waals surface area contributed by atoms with Crippen LogP contribution in [0.1, 0.15) is 20.7 Å². The first-order chi connectivity index (χ1) is 13.3. The fourth-order valence-corrected chi connectivity index (χ4v) is 2.38. The van der Waals surface area contributed by atoms with Gasteiger partial charge in [0.2, 0.25) is 0 Å². The van der Waals surface area contributed by atoms with E-state index in [0.29, 0.717) is 16.9 Å². The summed E-state index contributed by atoms with van der Waals surface area (Å²) in [6.07, 6.45) is 0. The number of phenolic OH excluding ortho intramolecular Hbond substituents is 3. The number of aromatic hydroxyl groups is 3. The first kappa shape index (κ1) is 18.7. The van der Waals surface area contributed by atoms with Crippen LogP contribution in [-0.2, 0) is 0 Å². The molecule has 8 heteroatoms. The van der Waals surface area contributed by atoms with Gasteiger partial charge in [0.25, 0.3) is 11.8 Å². The van der Waals surface area contributed by atoms with Crippen molar-refractivity contribution in [1.82, 2.24) is 0 Å². The summed E-state index contributed by atoms with van der Waals surface area (Å²) >= 11 is 0. The number of halogens is 1. The number of hydrogen-bond acceptors (Lipinski definition) is 5. The van der Waals surface area contributed by atoms with E-state index in [2.05, 4.69) is 10.6 Å². The fraction of sp³-hybridized carbons (Fsp3) is 0. The number of anilines is 2. The average Bonchev–Trinajstić information content (AvgIpc) is 2.67. The van der Waals surface area contributed by atoms with Gasteiger partial charge in [-0.1, -0.05) is 0 Å². The number of amides is 2. The first-order valence-electron chi connectivity index (χ1n) is 8.07. The third-order valence-electron chi connectivity index (χ3n) is 3.84. The highest BCUT2D eigenvalue weighted by Crippen LogP contribution is 2.35. The summed E-state index contributed by atoms with van der Waals surface area (Å²) in [4.78, 5) is 24.3. The number of carbonyl (C=O) groups excluding carboxylic acids is 2. The smallest absolute Gasteiger partial charge is 0.255 e. The lowest BCUT2D eigenvalue weighted by atomic mass is 10.1. The zero-order valence-electron chi connectivity index (χ0n) is 14.3. The minimum atomic E-state index is -0.710. The molecule has 0 aliphatic carbocycles. The molecule has 0 aliphatic rings. The molecular formula is C20H15FN2O5. The molecule has 28 heavy (non-hydrogen) atoms. The summed E-state index contributed by atoms with van der Waals surface area (Å²) in [5.74, 6) is -3.42. The summed E-state index contributed by atoms with van der Waals surface area (Å²) in [6, 6.07) is 13.3. The molecule has 0 radical (unpaired) electrons. The van der Waals surface area contributed by atoms with Gasteiger partial charge in [-0.15, -0.1) is 0 Å². The lowest BCUT2D eigenvalue weighted by Gasteiger charge is -2.09. The number of rotatable bonds is 4. The van der Waals surface area contributed by atoms with Gasteiger partial charge in [-0.3, -0.25) is 9.59 Å². The molecule has 7 nitrogen and oxygen atoms in total. The van der Waals surface area contributed by atoms with Gasteiger partial charge in [0.1, 0.15) is 5.82 Å². The maximum Gasteiger partial charge on any atom is 0.255 e. The lowest BCUT2D eigenvalue weighted by molar-refractivity contribution is 0.101. The maximum absolute atomic E-state index is 12.9. The zero-order chi connectivity index (χ0) is 20.3. The third-order valence-corrected chi connectivity index (χ3v) is 3.84. The molecule has 0 aromatic heterocycles. The standard InChI is InChI=1S/C20H15FN2O5/c21-13-3-1-11(2-4-13)19(27)22-14-5-7-15(8-6-14)23-20(28)12-9-16(24)18(26)17(25)10-12/h1-10,24-26H,(H,22,27)(H,23,28). The Morgan fingerprint density at radius 2 is 1.11 bits per heavy atom. The minimum absolute atomic E-state index is 0.0542. The quantitative estimate of drug-likeness (QED) is 0.443. The molecule has 0 bridgehead atoms. The van der Waals surface area contributed by atoms with Crippen LogP contribution >= 0.6 is 0 Å². The van der Waals surface area contributed by atoms with Crippen molar-refractivity contribution in [3.8, 4) is 17.2 Å². The number of hydrogen-bond donors (Lipinski definition) is 5. The second-order valence-electron chi connectivity index (χ2n) is 5.86. The van der Waals surface area contributed by atoms with E-state index in [1.54, 1.807) is 12.1 Å². The van der Waals surface area contributed by atoms with E-state index in [1.807, 2.05) is 0 Å². The molecule has 3 aromatic carbocycles. The van der Waals surface area contributed by atoms with E-state index in [0.717, 1.165) is 12.1 Å². The molecule has 0 unspecified atom stereocenters. The van der Waals surface area contributed by atoms with Gasteiger partial charge < -0.3 is 26.0 Å². The van der Waals surface area contributed by atoms with Crippen LogP contribution in [-0.4, -0.2) is 27.1 Å². The summed E-state index contributed by atoms with van der Waals surface area (Å²) in [5.41, 5.74) is 1.11. The van der Waals surface area contributed by atoms with Crippen LogP contribution in [0.4, 0.5) is 15.8 Å². The molecule has 0 saturated heterocycles. The molecule has 0 fully saturated rings. The summed E-state index contributed by atoms with van der Waals surface area (Å²) < 4.78 is 12.9. The van der Waals surface area contributed by atoms with Crippen LogP contribution in [0.2, 0.25) is 0 Å². The maximum atomic E-state index is 12.9. The molecule has 2 amide bonds. The molecule has 0 atom stereocenters. The molecule has 0 spiro atoms. The second kappa shape index (κ2) is 7.67. The fourth-order valence-electron chi connectivity index (χ4n) is 2.38. The van der Waals surface area contributed by atoms with Crippen LogP contribution in [0.5, 0.6) is 17.2 Å². The Kier molecular flexibility index (Phi) is 5.12. The van der Waals surface area contributed by atoms with Gasteiger partial charge >= 0.3 is 0 Å². The lowest BCUT2D eigenvalue weighted by Crippen LogP contribution is -2.13. The molecule has 0 aliphatic heterocycles. The van der Waals surface area contributed by atoms with Gasteiger partial charge in [0.05, 0.1) is 0 Å². The highest BCUT2D eigenvalue weighted by molar-refractivity contribution is 6.06. The largest absolute Gasteiger partial charge is 0.504 e. The van der Waals surface area contributed by atoms with Crippen molar-refractivity contribution in [3.63, 3.8) is 0 Å². The Labute approximate surface area is 158 Å². The van der Waals surface area contributed by atoms with E-state index in [1.165, 1.54) is 36.4 Å². The predicted octanol–water partition coefficient (Wildman–Crippen LogP) is 3.45. The Hall–Kier alpha value is -4.07. The number of carbonyl (C=O) groups is 2. The highest BCUT2D eigenvalue weighted by atomic mass is 19.1. The van der Waals surface area contributed by atoms with Crippen LogP contribution in [0.15, 0.2) is 60.7 Å². The van der Waals surface area contributed by atoms with E-state index < -0.39 is 34.9 Å². The Balaban J connectivity index is 1.66. The van der Waals surface area contributed by atoms with Crippen molar-refractivity contribution >= 4 is 23.2 Å². The van der Waals surface area contributed by atoms with Crippen molar-refractivity contribution in [3.05, 3.63) is 77.6 Å². The number of phenols is 3. The molecule has 142 valence electrons. The van der Waals surface area contributed by atoms with Crippen LogP contribution in [0.25, 0.3) is 0 Å². The molecular weight excluding hydrogens is 367 g/mol. The van der Waals surface area contributed by atoms with Crippen LogP contribution in [0.3, 0.4) is 0 Å². The number of benzene rings is 3. The molecule has 3 aromatic rings. The van der Waals surface area contributed by atoms with Crippen LogP contribution in [0, 0.1) is 5.82 Å². The van der Waals surface area contributed by atoms with Gasteiger partial charge in [-0.25, -0.2) is 4.39 Å². The molecule has 3 rings (SSSR count). The van der Waals surface area contributed by atoms with Gasteiger partial charge in [-0.2, -0.15) is 0 Å². The van der Waals surface area contributed by atoms with E-state index >= 15 is 0 Å². The SMILES string of the molecule is O=C(Nc1ccc(NC(=O)c2cc(O)c(O)c(O)c2)cc1)c1ccc(F)cc1. The molecule has 5 N–H and O–H groups in total. The molecule has 0 saturated carbocycles. The average molecular weight is 382 g/mol. The Morgan fingerprint density at radius 1 is 0.679 bits per heavy atom. The van der Waals surface area contributed by atoms with Gasteiger partial charge in [0.15, 0.2) is 17.2 Å². The summed E-state index contributed by atoms with van der Waals surface area (Å²) in [6.45, 7) is 0. The Morgan fingerprint density at radius 3 is 1.57 bits per heavy atom. The topological polar surface area (TPSA) is 119 Å². The predicted molar refractivity (Wildman–Crippen MR) is 100 cm³/mol. The Bertz CT molecular complexity index is 1010. The molecule has 0 heterocycles. The van der Waals surface area contributed by atoms with Crippen LogP contribution < -0.4 is 10.6 Å². The van der Waals surface area contributed by atoms with Crippen molar-refractivity contribution in [2.24, 2.45) is 0 Å². The van der Waals surface area contributed by atoms with Crippen molar-refractivity contribution in [2.75, 3.05) is 10.6 Å². The van der Waals surface area contributed by atoms with E-state index in [-0.39, 0.29) is 5.56 Å². The minimum Gasteiger partial charge on any atom is -0.504 e. The van der Waals surface area contributed by atoms with E-state index in [4.69, 9.17) is 0 Å². The summed E-state index contributed by atoms with van der Waals surface area (Å²) in [5, 5.41) is 33.5. The van der Waals surface area contributed by atoms with Gasteiger partial charge in [0, 0.05) is 22.5 Å². The third kappa shape index (κ3) is 4.18. The number of nitrogens with one attached hydrogen (secondary N) is 2. The normalized spacial score (nSPS) is 10.3. The van der Waals surface area contributed by atoms with Gasteiger partial charge in [-0.05, 0) is 60.7 Å². The summed E-state index contributed by atoms with van der Waals surface area (Å²) in [7, 11) is 0. The second-order valence-corrected chi connectivity index (χ2v) is 5.86. The first-order valence-corrected chi connectivity index (χ1v) is 8.07. The zero-order valence-corrected chi connectivity index (χ0v) is 14.3. The highest BCUT2D eigenvalue weighted by Gasteiger charge is 2.14. The van der Waals surface area contributed by atoms with Crippen molar-refractivity contribution < 1.29 is 29.3 Å². The van der Waals surface area contributed by atoms with E-state index in [9.17, 15) is 29.3 Å². The van der Waals surface area contributed by atoms with Crippen molar-refractivity contribution in [1.29, 1.82) is 0 Å². The monoisotopic (exact) mass is 382 g/mol. The van der Waals surface area contributed by atoms with Crippen molar-refractivity contribution in [2.45, 2.75) is 0 Å².